The largest absolute Gasteiger partial charge is 0.459 e. The Balaban J connectivity index is 1.33. The number of unbranched alkanes of at least 4 members (excludes halogenated alkanes) is 5. The molecule has 2 N–H and O–H groups in total. The first-order chi connectivity index (χ1) is 20.1. The molecule has 1 aliphatic carbocycles. The van der Waals surface area contributed by atoms with Gasteiger partial charge in [-0.05, 0) is 34.2 Å². The average Bonchev–Trinajstić information content (AvgIpc) is 3.32. The van der Waals surface area contributed by atoms with Crippen LogP contribution in [0.4, 0.5) is 4.79 Å². The van der Waals surface area contributed by atoms with E-state index in [-0.39, 0.29) is 31.5 Å². The van der Waals surface area contributed by atoms with Crippen LogP contribution < -0.4 is 10.6 Å². The van der Waals surface area contributed by atoms with Crippen LogP contribution in [0.1, 0.15) is 74.5 Å². The Morgan fingerprint density at radius 3 is 2.05 bits per heavy atom. The van der Waals surface area contributed by atoms with Gasteiger partial charge in [0.05, 0.1) is 6.42 Å². The normalized spacial score (nSPS) is 12.6. The van der Waals surface area contributed by atoms with E-state index in [0.717, 1.165) is 47.1 Å². The molecule has 1 atom stereocenters. The maximum Gasteiger partial charge on any atom is 0.407 e. The summed E-state index contributed by atoms with van der Waals surface area (Å²) in [6.07, 6.45) is 5.67. The highest BCUT2D eigenvalue weighted by atomic mass is 16.6. The second kappa shape index (κ2) is 15.6. The number of ether oxygens (including phenoxy) is 2. The van der Waals surface area contributed by atoms with Crippen LogP contribution in [0.3, 0.4) is 0 Å². The van der Waals surface area contributed by atoms with Crippen LogP contribution in [0.5, 0.6) is 0 Å². The predicted molar refractivity (Wildman–Crippen MR) is 159 cm³/mol. The zero-order chi connectivity index (χ0) is 28.9. The van der Waals surface area contributed by atoms with Crippen molar-refractivity contribution in [3.05, 3.63) is 95.6 Å². The molecule has 0 bridgehead atoms. The summed E-state index contributed by atoms with van der Waals surface area (Å²) in [6, 6.07) is 24.2. The van der Waals surface area contributed by atoms with Gasteiger partial charge in [0.25, 0.3) is 0 Å². The van der Waals surface area contributed by atoms with Crippen molar-refractivity contribution in [2.24, 2.45) is 0 Å². The first-order valence-electron chi connectivity index (χ1n) is 14.7. The lowest BCUT2D eigenvalue weighted by Crippen LogP contribution is -2.45. The number of rotatable bonds is 15. The Morgan fingerprint density at radius 1 is 0.756 bits per heavy atom. The molecule has 0 spiro atoms. The molecule has 0 saturated carbocycles. The molecular weight excluding hydrogens is 516 g/mol. The Hall–Kier alpha value is -4.13. The van der Waals surface area contributed by atoms with Crippen LogP contribution in [-0.4, -0.2) is 37.2 Å². The zero-order valence-corrected chi connectivity index (χ0v) is 23.8. The number of nitrogens with one attached hydrogen (secondary N) is 2. The lowest BCUT2D eigenvalue weighted by atomic mass is 9.98. The molecule has 2 amide bonds. The number of carbonyl (C=O) groups excluding carboxylic acids is 3. The molecule has 0 aromatic heterocycles. The van der Waals surface area contributed by atoms with Crippen molar-refractivity contribution >= 4 is 18.0 Å². The topological polar surface area (TPSA) is 93.7 Å². The summed E-state index contributed by atoms with van der Waals surface area (Å²) in [5, 5.41) is 5.45. The van der Waals surface area contributed by atoms with Gasteiger partial charge >= 0.3 is 12.1 Å². The molecule has 0 radical (unpaired) electrons. The fourth-order valence-corrected chi connectivity index (χ4v) is 5.20. The average molecular weight is 557 g/mol. The molecule has 0 fully saturated rings. The van der Waals surface area contributed by atoms with Crippen LogP contribution >= 0.6 is 0 Å². The molecule has 7 nitrogen and oxygen atoms in total. The van der Waals surface area contributed by atoms with Crippen molar-refractivity contribution in [2.75, 3.05) is 13.2 Å². The number of esters is 1. The van der Waals surface area contributed by atoms with Crippen molar-refractivity contribution in [3.63, 3.8) is 0 Å². The van der Waals surface area contributed by atoms with Crippen LogP contribution in [0, 0.1) is 0 Å². The molecule has 4 rings (SSSR count). The number of hydrogen-bond donors (Lipinski definition) is 2. The van der Waals surface area contributed by atoms with Crippen molar-refractivity contribution in [1.82, 2.24) is 10.6 Å². The smallest absolute Gasteiger partial charge is 0.407 e. The Kier molecular flexibility index (Phi) is 11.4. The van der Waals surface area contributed by atoms with Crippen molar-refractivity contribution in [2.45, 2.75) is 70.4 Å². The maximum absolute atomic E-state index is 13.0. The minimum absolute atomic E-state index is 0.0436. The fraction of sp³-hybridized carbons (Fsp3) is 0.382. The fourth-order valence-electron chi connectivity index (χ4n) is 5.20. The van der Waals surface area contributed by atoms with Gasteiger partial charge in [-0.2, -0.15) is 0 Å². The summed E-state index contributed by atoms with van der Waals surface area (Å²) in [4.78, 5) is 38.6. The van der Waals surface area contributed by atoms with Gasteiger partial charge < -0.3 is 20.1 Å². The molecule has 0 heterocycles. The summed E-state index contributed by atoms with van der Waals surface area (Å²) in [7, 11) is 0. The van der Waals surface area contributed by atoms with Gasteiger partial charge in [0.2, 0.25) is 5.91 Å². The Labute approximate surface area is 242 Å². The van der Waals surface area contributed by atoms with Gasteiger partial charge in [0.15, 0.2) is 0 Å². The molecular formula is C34H40N2O5. The van der Waals surface area contributed by atoms with Gasteiger partial charge in [0, 0.05) is 12.5 Å². The Morgan fingerprint density at radius 2 is 1.37 bits per heavy atom. The van der Waals surface area contributed by atoms with Gasteiger partial charge in [-0.3, -0.25) is 4.79 Å². The second-order valence-corrected chi connectivity index (χ2v) is 10.4. The van der Waals surface area contributed by atoms with Crippen LogP contribution in [0.25, 0.3) is 11.1 Å². The van der Waals surface area contributed by atoms with E-state index in [2.05, 4.69) is 29.7 Å². The quantitative estimate of drug-likeness (QED) is 0.165. The molecule has 0 aliphatic heterocycles. The minimum atomic E-state index is -1.17. The van der Waals surface area contributed by atoms with E-state index in [1.807, 2.05) is 66.7 Å². The van der Waals surface area contributed by atoms with Gasteiger partial charge in [-0.1, -0.05) is 118 Å². The third-order valence-corrected chi connectivity index (χ3v) is 7.39. The number of carbonyl (C=O) groups is 3. The van der Waals surface area contributed by atoms with Gasteiger partial charge in [-0.25, -0.2) is 9.59 Å². The van der Waals surface area contributed by atoms with Crippen molar-refractivity contribution < 1.29 is 23.9 Å². The summed E-state index contributed by atoms with van der Waals surface area (Å²) < 4.78 is 11.1. The third-order valence-electron chi connectivity index (χ3n) is 7.39. The minimum Gasteiger partial charge on any atom is -0.459 e. The van der Waals surface area contributed by atoms with Gasteiger partial charge in [-0.15, -0.1) is 0 Å². The second-order valence-electron chi connectivity index (χ2n) is 10.4. The summed E-state index contributed by atoms with van der Waals surface area (Å²) in [5.74, 6) is -1.12. The van der Waals surface area contributed by atoms with Crippen molar-refractivity contribution in [1.29, 1.82) is 0 Å². The van der Waals surface area contributed by atoms with E-state index >= 15 is 0 Å². The molecule has 216 valence electrons. The predicted octanol–water partition coefficient (Wildman–Crippen LogP) is 6.50. The van der Waals surface area contributed by atoms with E-state index in [1.165, 1.54) is 19.3 Å². The maximum atomic E-state index is 13.0. The highest BCUT2D eigenvalue weighted by Crippen LogP contribution is 2.44. The van der Waals surface area contributed by atoms with E-state index in [1.54, 1.807) is 0 Å². The van der Waals surface area contributed by atoms with Crippen LogP contribution in [0.2, 0.25) is 0 Å². The monoisotopic (exact) mass is 556 g/mol. The van der Waals surface area contributed by atoms with Crippen LogP contribution in [-0.2, 0) is 25.7 Å². The summed E-state index contributed by atoms with van der Waals surface area (Å²) >= 11 is 0. The number of hydrogen-bond acceptors (Lipinski definition) is 5. The van der Waals surface area contributed by atoms with E-state index in [0.29, 0.717) is 6.54 Å². The third kappa shape index (κ3) is 8.68. The van der Waals surface area contributed by atoms with E-state index < -0.39 is 18.1 Å². The van der Waals surface area contributed by atoms with E-state index in [4.69, 9.17) is 9.47 Å². The first-order valence-corrected chi connectivity index (χ1v) is 14.7. The summed E-state index contributed by atoms with van der Waals surface area (Å²) in [6.45, 7) is 2.86. The SMILES string of the molecule is CCCCCCCCNC(=O)C[C@@H](NC(=O)OCC1c2ccccc2-c2ccccc21)C(=O)OCc1ccccc1. The summed E-state index contributed by atoms with van der Waals surface area (Å²) in [5.41, 5.74) is 5.25. The lowest BCUT2D eigenvalue weighted by molar-refractivity contribution is -0.148. The standard InChI is InChI=1S/C34H40N2O5/c1-2-3-4-5-6-14-21-35-32(37)22-31(33(38)40-23-25-15-8-7-9-16-25)36-34(39)41-24-30-28-19-12-10-17-26(28)27-18-11-13-20-29(27)30/h7-13,15-20,30-31H,2-6,14,21-24H2,1H3,(H,35,37)(H,36,39)/t31-/m1/s1. The molecule has 7 heteroatoms. The Bertz CT molecular complexity index is 1250. The molecule has 3 aromatic rings. The lowest BCUT2D eigenvalue weighted by Gasteiger charge is -2.19. The number of benzene rings is 3. The molecule has 1 aliphatic rings. The zero-order valence-electron chi connectivity index (χ0n) is 23.8. The van der Waals surface area contributed by atoms with Gasteiger partial charge in [0.1, 0.15) is 19.3 Å². The molecule has 3 aromatic carbocycles. The molecule has 41 heavy (non-hydrogen) atoms. The number of fused-ring (bicyclic) bond motifs is 3. The van der Waals surface area contributed by atoms with E-state index in [9.17, 15) is 14.4 Å². The van der Waals surface area contributed by atoms with Crippen LogP contribution in [0.15, 0.2) is 78.9 Å². The highest BCUT2D eigenvalue weighted by molar-refractivity contribution is 5.88. The van der Waals surface area contributed by atoms with Crippen molar-refractivity contribution in [3.8, 4) is 11.1 Å². The number of alkyl carbamates (subject to hydrolysis) is 1. The number of amides is 2. The molecule has 0 unspecified atom stereocenters. The molecule has 0 saturated heterocycles. The first kappa shape index (κ1) is 29.8. The highest BCUT2D eigenvalue weighted by Gasteiger charge is 2.30.